The zero-order chi connectivity index (χ0) is 14.5. The lowest BCUT2D eigenvalue weighted by Crippen LogP contribution is -2.38. The normalized spacial score (nSPS) is 18.2. The van der Waals surface area contributed by atoms with E-state index in [2.05, 4.69) is 18.0 Å². The maximum absolute atomic E-state index is 6.16. The SMILES string of the molecule is CC(N)C(c1cccc(Cl)c1)N(C)CCOCC1CC1. The summed E-state index contributed by atoms with van der Waals surface area (Å²) >= 11 is 6.08. The van der Waals surface area contributed by atoms with Crippen LogP contribution in [0.3, 0.4) is 0 Å². The summed E-state index contributed by atoms with van der Waals surface area (Å²) < 4.78 is 5.71. The van der Waals surface area contributed by atoms with Crippen LogP contribution < -0.4 is 5.73 Å². The first kappa shape index (κ1) is 15.8. The van der Waals surface area contributed by atoms with Gasteiger partial charge in [-0.25, -0.2) is 0 Å². The van der Waals surface area contributed by atoms with Gasteiger partial charge >= 0.3 is 0 Å². The lowest BCUT2D eigenvalue weighted by atomic mass is 10.00. The molecular formula is C16H25ClN2O. The number of nitrogens with two attached hydrogens (primary N) is 1. The van der Waals surface area contributed by atoms with Crippen molar-refractivity contribution in [1.29, 1.82) is 0 Å². The van der Waals surface area contributed by atoms with Crippen molar-refractivity contribution in [2.45, 2.75) is 31.8 Å². The van der Waals surface area contributed by atoms with Crippen LogP contribution in [0.2, 0.25) is 5.02 Å². The molecule has 1 aromatic rings. The van der Waals surface area contributed by atoms with Crippen LogP contribution in [0, 0.1) is 5.92 Å². The Morgan fingerprint density at radius 2 is 2.20 bits per heavy atom. The lowest BCUT2D eigenvalue weighted by Gasteiger charge is -2.31. The molecule has 112 valence electrons. The van der Waals surface area contributed by atoms with Crippen molar-refractivity contribution in [2.24, 2.45) is 11.7 Å². The Bertz CT molecular complexity index is 421. The number of nitrogens with zero attached hydrogens (tertiary/aromatic N) is 1. The molecule has 4 heteroatoms. The van der Waals surface area contributed by atoms with Crippen LogP contribution in [0.4, 0.5) is 0 Å². The van der Waals surface area contributed by atoms with E-state index in [1.807, 2.05) is 25.1 Å². The molecule has 20 heavy (non-hydrogen) atoms. The largest absolute Gasteiger partial charge is 0.380 e. The number of rotatable bonds is 8. The zero-order valence-electron chi connectivity index (χ0n) is 12.4. The van der Waals surface area contributed by atoms with Crippen molar-refractivity contribution in [2.75, 3.05) is 26.8 Å². The second-order valence-electron chi connectivity index (χ2n) is 5.86. The molecule has 1 aliphatic rings. The van der Waals surface area contributed by atoms with Crippen molar-refractivity contribution in [3.8, 4) is 0 Å². The fourth-order valence-electron chi connectivity index (χ4n) is 2.53. The van der Waals surface area contributed by atoms with Gasteiger partial charge in [0.1, 0.15) is 0 Å². The molecule has 0 radical (unpaired) electrons. The van der Waals surface area contributed by atoms with Gasteiger partial charge in [-0.2, -0.15) is 0 Å². The molecule has 2 atom stereocenters. The number of halogens is 1. The molecule has 0 spiro atoms. The first-order chi connectivity index (χ1) is 9.58. The third-order valence-corrected chi connectivity index (χ3v) is 4.04. The topological polar surface area (TPSA) is 38.5 Å². The van der Waals surface area contributed by atoms with Crippen LogP contribution >= 0.6 is 11.6 Å². The molecule has 0 aromatic heterocycles. The summed E-state index contributed by atoms with van der Waals surface area (Å²) in [5.74, 6) is 0.817. The van der Waals surface area contributed by atoms with Crippen molar-refractivity contribution in [1.82, 2.24) is 4.90 Å². The van der Waals surface area contributed by atoms with Crippen molar-refractivity contribution >= 4 is 11.6 Å². The molecule has 0 aliphatic heterocycles. The van der Waals surface area contributed by atoms with E-state index in [1.54, 1.807) is 0 Å². The maximum Gasteiger partial charge on any atom is 0.0593 e. The monoisotopic (exact) mass is 296 g/mol. The molecule has 1 saturated carbocycles. The van der Waals surface area contributed by atoms with Crippen molar-refractivity contribution in [3.63, 3.8) is 0 Å². The maximum atomic E-state index is 6.16. The summed E-state index contributed by atoms with van der Waals surface area (Å²) in [6, 6.07) is 8.16. The van der Waals surface area contributed by atoms with Crippen LogP contribution in [0.5, 0.6) is 0 Å². The fraction of sp³-hybridized carbons (Fsp3) is 0.625. The zero-order valence-corrected chi connectivity index (χ0v) is 13.1. The Kier molecular flexibility index (Phi) is 5.85. The molecule has 0 amide bonds. The smallest absolute Gasteiger partial charge is 0.0593 e. The number of hydrogen-bond donors (Lipinski definition) is 1. The van der Waals surface area contributed by atoms with Gasteiger partial charge in [0, 0.05) is 30.3 Å². The van der Waals surface area contributed by atoms with Gasteiger partial charge in [-0.3, -0.25) is 4.90 Å². The Morgan fingerprint density at radius 1 is 1.45 bits per heavy atom. The highest BCUT2D eigenvalue weighted by atomic mass is 35.5. The predicted molar refractivity (Wildman–Crippen MR) is 84.0 cm³/mol. The Hall–Kier alpha value is -0.610. The molecule has 0 heterocycles. The first-order valence-electron chi connectivity index (χ1n) is 7.37. The molecule has 2 rings (SSSR count). The summed E-state index contributed by atoms with van der Waals surface area (Å²) in [5.41, 5.74) is 7.32. The summed E-state index contributed by atoms with van der Waals surface area (Å²) in [6.45, 7) is 4.59. The van der Waals surface area contributed by atoms with Gasteiger partial charge in [-0.05, 0) is 50.4 Å². The third kappa shape index (κ3) is 4.74. The minimum Gasteiger partial charge on any atom is -0.380 e. The van der Waals surface area contributed by atoms with E-state index in [0.29, 0.717) is 0 Å². The van der Waals surface area contributed by atoms with Gasteiger partial charge < -0.3 is 10.5 Å². The summed E-state index contributed by atoms with van der Waals surface area (Å²) in [7, 11) is 2.09. The molecule has 2 unspecified atom stereocenters. The first-order valence-corrected chi connectivity index (χ1v) is 7.74. The second-order valence-corrected chi connectivity index (χ2v) is 6.29. The van der Waals surface area contributed by atoms with Crippen molar-refractivity contribution < 1.29 is 4.74 Å². The average molecular weight is 297 g/mol. The fourth-order valence-corrected chi connectivity index (χ4v) is 2.73. The Morgan fingerprint density at radius 3 is 2.80 bits per heavy atom. The van der Waals surface area contributed by atoms with Crippen LogP contribution in [-0.4, -0.2) is 37.7 Å². The quantitative estimate of drug-likeness (QED) is 0.749. The van der Waals surface area contributed by atoms with E-state index in [-0.39, 0.29) is 12.1 Å². The van der Waals surface area contributed by atoms with Crippen molar-refractivity contribution in [3.05, 3.63) is 34.9 Å². The van der Waals surface area contributed by atoms with Gasteiger partial charge in [-0.15, -0.1) is 0 Å². The van der Waals surface area contributed by atoms with E-state index in [0.717, 1.165) is 36.3 Å². The molecule has 0 saturated heterocycles. The molecule has 1 fully saturated rings. The summed E-state index contributed by atoms with van der Waals surface area (Å²) in [4.78, 5) is 2.25. The van der Waals surface area contributed by atoms with Gasteiger partial charge in [0.25, 0.3) is 0 Å². The van der Waals surface area contributed by atoms with E-state index < -0.39 is 0 Å². The molecular weight excluding hydrogens is 272 g/mol. The van der Waals surface area contributed by atoms with E-state index in [4.69, 9.17) is 22.1 Å². The van der Waals surface area contributed by atoms with E-state index >= 15 is 0 Å². The number of hydrogen-bond acceptors (Lipinski definition) is 3. The number of likely N-dealkylation sites (N-methyl/N-ethyl adjacent to an activating group) is 1. The molecule has 3 nitrogen and oxygen atoms in total. The molecule has 0 bridgehead atoms. The minimum atomic E-state index is 0.0434. The summed E-state index contributed by atoms with van der Waals surface area (Å²) in [5, 5.41) is 0.756. The van der Waals surface area contributed by atoms with E-state index in [9.17, 15) is 0 Å². The molecule has 1 aliphatic carbocycles. The Labute approximate surface area is 127 Å². The lowest BCUT2D eigenvalue weighted by molar-refractivity contribution is 0.0875. The number of ether oxygens (including phenoxy) is 1. The molecule has 2 N–H and O–H groups in total. The highest BCUT2D eigenvalue weighted by molar-refractivity contribution is 6.30. The van der Waals surface area contributed by atoms with Crippen LogP contribution in [-0.2, 0) is 4.74 Å². The van der Waals surface area contributed by atoms with E-state index in [1.165, 1.54) is 12.8 Å². The highest BCUT2D eigenvalue weighted by Crippen LogP contribution is 2.29. The minimum absolute atomic E-state index is 0.0434. The standard InChI is InChI=1S/C16H25ClN2O/c1-12(18)16(14-4-3-5-15(17)10-14)19(2)8-9-20-11-13-6-7-13/h3-5,10,12-13,16H,6-9,11,18H2,1-2H3. The van der Waals surface area contributed by atoms with Crippen LogP contribution in [0.15, 0.2) is 24.3 Å². The second kappa shape index (κ2) is 7.41. The van der Waals surface area contributed by atoms with Crippen LogP contribution in [0.1, 0.15) is 31.4 Å². The molecule has 1 aromatic carbocycles. The van der Waals surface area contributed by atoms with Gasteiger partial charge in [0.05, 0.1) is 6.61 Å². The Balaban J connectivity index is 1.89. The van der Waals surface area contributed by atoms with Gasteiger partial charge in [0.15, 0.2) is 0 Å². The third-order valence-electron chi connectivity index (χ3n) is 3.80. The number of benzene rings is 1. The van der Waals surface area contributed by atoms with Gasteiger partial charge in [0.2, 0.25) is 0 Å². The average Bonchev–Trinajstić information content (AvgIpc) is 3.18. The highest BCUT2D eigenvalue weighted by Gasteiger charge is 2.23. The van der Waals surface area contributed by atoms with Gasteiger partial charge in [-0.1, -0.05) is 23.7 Å². The van der Waals surface area contributed by atoms with Crippen LogP contribution in [0.25, 0.3) is 0 Å². The summed E-state index contributed by atoms with van der Waals surface area (Å²) in [6.07, 6.45) is 2.67. The predicted octanol–water partition coefficient (Wildman–Crippen LogP) is 3.09.